The van der Waals surface area contributed by atoms with E-state index in [2.05, 4.69) is 23.7 Å². The lowest BCUT2D eigenvalue weighted by Crippen LogP contribution is -2.38. The van der Waals surface area contributed by atoms with Crippen molar-refractivity contribution in [1.29, 1.82) is 0 Å². The van der Waals surface area contributed by atoms with E-state index in [1.807, 2.05) is 95.2 Å². The topological polar surface area (TPSA) is 85.1 Å². The summed E-state index contributed by atoms with van der Waals surface area (Å²) in [6, 6.07) is 3.76. The van der Waals surface area contributed by atoms with Crippen molar-refractivity contribution in [3.05, 3.63) is 36.0 Å². The van der Waals surface area contributed by atoms with E-state index in [1.54, 1.807) is 20.4 Å². The molecule has 0 radical (unpaired) electrons. The molecule has 1 atom stereocenters. The van der Waals surface area contributed by atoms with Crippen molar-refractivity contribution in [3.63, 3.8) is 0 Å². The monoisotopic (exact) mass is 611 g/mol. The quantitative estimate of drug-likeness (QED) is 0.160. The third kappa shape index (κ3) is 31.0. The first-order valence-electron chi connectivity index (χ1n) is 16.6. The second-order valence-corrected chi connectivity index (χ2v) is 9.22. The molecule has 7 heteroatoms. The van der Waals surface area contributed by atoms with Crippen molar-refractivity contribution >= 4 is 0 Å². The van der Waals surface area contributed by atoms with Crippen LogP contribution in [0.1, 0.15) is 134 Å². The fourth-order valence-corrected chi connectivity index (χ4v) is 2.59. The molecule has 1 aromatic rings. The van der Waals surface area contributed by atoms with Crippen LogP contribution in [0.15, 0.2) is 30.3 Å². The molecule has 254 valence electrons. The summed E-state index contributed by atoms with van der Waals surface area (Å²) < 4.78 is 27.0. The average molecular weight is 611 g/mol. The molecule has 2 saturated carbocycles. The van der Waals surface area contributed by atoms with Crippen LogP contribution in [0.4, 0.5) is 0 Å². The van der Waals surface area contributed by atoms with E-state index < -0.39 is 5.60 Å². The van der Waals surface area contributed by atoms with Gasteiger partial charge in [-0.2, -0.15) is 0 Å². The van der Waals surface area contributed by atoms with Crippen LogP contribution in [0.2, 0.25) is 0 Å². The molecule has 1 heterocycles. The maximum absolute atomic E-state index is 5.82. The highest BCUT2D eigenvalue weighted by Gasteiger charge is 2.30. The van der Waals surface area contributed by atoms with E-state index in [1.165, 1.54) is 25.5 Å². The Kier molecular flexibility index (Phi) is 37.9. The molecule has 3 rings (SSSR count). The molecule has 0 aliphatic heterocycles. The lowest BCUT2D eigenvalue weighted by atomic mass is 9.92. The Labute approximate surface area is 267 Å². The molecule has 0 spiro atoms. The van der Waals surface area contributed by atoms with Gasteiger partial charge in [0.05, 0.1) is 31.6 Å². The van der Waals surface area contributed by atoms with Gasteiger partial charge < -0.3 is 29.4 Å². The molecule has 2 fully saturated rings. The van der Waals surface area contributed by atoms with Crippen LogP contribution in [0.25, 0.3) is 0 Å². The summed E-state index contributed by atoms with van der Waals surface area (Å²) in [7, 11) is 3.38. The maximum Gasteiger partial charge on any atom is 0.138 e. The van der Waals surface area contributed by atoms with Crippen molar-refractivity contribution in [3.8, 4) is 17.6 Å². The molecule has 43 heavy (non-hydrogen) atoms. The summed E-state index contributed by atoms with van der Waals surface area (Å²) in [4.78, 5) is 4.32. The van der Waals surface area contributed by atoms with Gasteiger partial charge in [0.15, 0.2) is 0 Å². The Morgan fingerprint density at radius 1 is 0.977 bits per heavy atom. The molecule has 2 aliphatic carbocycles. The fourth-order valence-electron chi connectivity index (χ4n) is 2.59. The molecular formula is C36H70N2O5. The molecular weight excluding hydrogens is 540 g/mol. The van der Waals surface area contributed by atoms with Crippen molar-refractivity contribution in [2.24, 2.45) is 5.73 Å². The van der Waals surface area contributed by atoms with Crippen molar-refractivity contribution in [2.45, 2.75) is 152 Å². The van der Waals surface area contributed by atoms with Gasteiger partial charge in [0.2, 0.25) is 0 Å². The van der Waals surface area contributed by atoms with Gasteiger partial charge in [0.1, 0.15) is 28.9 Å². The molecule has 1 aromatic heterocycles. The van der Waals surface area contributed by atoms with Crippen LogP contribution in [0.3, 0.4) is 0 Å². The Morgan fingerprint density at radius 2 is 1.53 bits per heavy atom. The standard InChI is InChI=1S/C18H25NO4.C7H15NO.C3H6.4C2H6/c1-18(2,22-10-9-20-3)8-7-14-5-6-15(13-19-14)23-17-11-16(12-17)21-4;1-4-6(2)9-7(3)5-8;1-2-3-1;4*1-2/h5-6,13,16-17H,9-12H2,1-4H3;5-6H,4,8H2,1-3H3;1-3H2;4*1-2H3/b;7-5+;;;;;. The summed E-state index contributed by atoms with van der Waals surface area (Å²) in [5, 5.41) is 0. The predicted molar refractivity (Wildman–Crippen MR) is 185 cm³/mol. The Bertz CT molecular complexity index is 774. The van der Waals surface area contributed by atoms with E-state index in [9.17, 15) is 0 Å². The van der Waals surface area contributed by atoms with Crippen LogP contribution in [0.5, 0.6) is 5.75 Å². The van der Waals surface area contributed by atoms with Crippen LogP contribution < -0.4 is 10.5 Å². The maximum atomic E-state index is 5.82. The number of pyridine rings is 1. The summed E-state index contributed by atoms with van der Waals surface area (Å²) in [5.41, 5.74) is 5.36. The molecule has 7 nitrogen and oxygen atoms in total. The first-order chi connectivity index (χ1) is 20.7. The lowest BCUT2D eigenvalue weighted by Gasteiger charge is -2.33. The third-order valence-electron chi connectivity index (χ3n) is 5.22. The van der Waals surface area contributed by atoms with Crippen LogP contribution in [-0.2, 0) is 18.9 Å². The number of ether oxygens (including phenoxy) is 5. The minimum Gasteiger partial charge on any atom is -0.494 e. The summed E-state index contributed by atoms with van der Waals surface area (Å²) in [5.74, 6) is 7.68. The van der Waals surface area contributed by atoms with Gasteiger partial charge in [-0.05, 0) is 52.2 Å². The van der Waals surface area contributed by atoms with Gasteiger partial charge in [0, 0.05) is 33.3 Å². The first-order valence-corrected chi connectivity index (χ1v) is 16.6. The number of methoxy groups -OCH3 is 2. The second kappa shape index (κ2) is 34.2. The molecule has 0 aromatic carbocycles. The van der Waals surface area contributed by atoms with Crippen molar-refractivity contribution in [1.82, 2.24) is 4.98 Å². The largest absolute Gasteiger partial charge is 0.494 e. The Balaban J connectivity index is -0.000000314. The van der Waals surface area contributed by atoms with Gasteiger partial charge in [-0.3, -0.25) is 0 Å². The zero-order valence-electron chi connectivity index (χ0n) is 30.8. The first kappa shape index (κ1) is 47.7. The second-order valence-electron chi connectivity index (χ2n) is 9.22. The number of rotatable bonds is 10. The number of hydrogen-bond donors (Lipinski definition) is 1. The highest BCUT2D eigenvalue weighted by molar-refractivity contribution is 5.33. The van der Waals surface area contributed by atoms with Crippen LogP contribution in [0, 0.1) is 11.8 Å². The Morgan fingerprint density at radius 3 is 1.93 bits per heavy atom. The average Bonchev–Trinajstić information content (AvgIpc) is 3.93. The van der Waals surface area contributed by atoms with Gasteiger partial charge in [-0.1, -0.05) is 87.5 Å². The fraction of sp³-hybridized carbons (Fsp3) is 0.750. The molecule has 0 amide bonds. The minimum absolute atomic E-state index is 0.229. The van der Waals surface area contributed by atoms with Gasteiger partial charge in [0.25, 0.3) is 0 Å². The molecule has 1 unspecified atom stereocenters. The highest BCUT2D eigenvalue weighted by Crippen LogP contribution is 2.27. The number of nitrogens with two attached hydrogens (primary N) is 1. The van der Waals surface area contributed by atoms with E-state index in [0.29, 0.717) is 25.0 Å². The van der Waals surface area contributed by atoms with Crippen molar-refractivity contribution in [2.75, 3.05) is 27.4 Å². The van der Waals surface area contributed by atoms with Gasteiger partial charge in [-0.25, -0.2) is 4.98 Å². The number of hydrogen-bond acceptors (Lipinski definition) is 7. The smallest absolute Gasteiger partial charge is 0.138 e. The van der Waals surface area contributed by atoms with Gasteiger partial charge >= 0.3 is 0 Å². The predicted octanol–water partition coefficient (Wildman–Crippen LogP) is 9.33. The Hall–Kier alpha value is -2.27. The summed E-state index contributed by atoms with van der Waals surface area (Å²) in [6.45, 7) is 26.9. The number of aromatic nitrogens is 1. The number of nitrogens with zero attached hydrogens (tertiary/aromatic N) is 1. The van der Waals surface area contributed by atoms with E-state index in [4.69, 9.17) is 29.4 Å². The lowest BCUT2D eigenvalue weighted by molar-refractivity contribution is -0.0382. The van der Waals surface area contributed by atoms with Crippen LogP contribution >= 0.6 is 0 Å². The SMILES string of the molecule is C1CC1.CC.CC.CC.CC.CCC(C)O/C(C)=C/N.COCCOC(C)(C)C#Cc1ccc(OC2CC(OC)C2)cn1. The van der Waals surface area contributed by atoms with E-state index >= 15 is 0 Å². The summed E-state index contributed by atoms with van der Waals surface area (Å²) >= 11 is 0. The molecule has 2 N–H and O–H groups in total. The van der Waals surface area contributed by atoms with Crippen molar-refractivity contribution < 1.29 is 23.7 Å². The van der Waals surface area contributed by atoms with Crippen LogP contribution in [-0.4, -0.2) is 56.3 Å². The zero-order valence-corrected chi connectivity index (χ0v) is 30.8. The highest BCUT2D eigenvalue weighted by atomic mass is 16.5. The molecule has 0 bridgehead atoms. The molecule has 0 saturated heterocycles. The number of allylic oxidation sites excluding steroid dienone is 1. The molecule has 2 aliphatic rings. The minimum atomic E-state index is -0.531. The normalized spacial score (nSPS) is 16.3. The van der Waals surface area contributed by atoms with E-state index in [-0.39, 0.29) is 12.2 Å². The summed E-state index contributed by atoms with van der Waals surface area (Å²) in [6.07, 6.45) is 11.4. The van der Waals surface area contributed by atoms with Gasteiger partial charge in [-0.15, -0.1) is 0 Å². The van der Waals surface area contributed by atoms with E-state index in [0.717, 1.165) is 30.8 Å². The third-order valence-corrected chi connectivity index (χ3v) is 5.22. The zero-order chi connectivity index (χ0) is 34.1.